The molecule has 17 heavy (non-hydrogen) atoms. The Morgan fingerprint density at radius 3 is 3.18 bits per heavy atom. The van der Waals surface area contributed by atoms with Crippen LogP contribution in [-0.4, -0.2) is 25.4 Å². The van der Waals surface area contributed by atoms with Crippen molar-refractivity contribution in [2.45, 2.75) is 18.9 Å². The van der Waals surface area contributed by atoms with Crippen LogP contribution < -0.4 is 4.74 Å². The van der Waals surface area contributed by atoms with Crippen LogP contribution in [0, 0.1) is 5.82 Å². The first-order chi connectivity index (χ1) is 8.31. The molecule has 0 bridgehead atoms. The van der Waals surface area contributed by atoms with Gasteiger partial charge in [0.25, 0.3) is 0 Å². The van der Waals surface area contributed by atoms with E-state index in [9.17, 15) is 9.18 Å². The Balaban J connectivity index is 2.08. The van der Waals surface area contributed by atoms with Crippen LogP contribution in [0.25, 0.3) is 0 Å². The molecule has 0 aromatic heterocycles. The molecule has 2 rings (SSSR count). The molecule has 1 aliphatic heterocycles. The summed E-state index contributed by atoms with van der Waals surface area (Å²) in [4.78, 5) is 13.5. The highest BCUT2D eigenvalue weighted by Crippen LogP contribution is 2.30. The zero-order chi connectivity index (χ0) is 12.1. The van der Waals surface area contributed by atoms with Gasteiger partial charge in [0.1, 0.15) is 12.4 Å². The van der Waals surface area contributed by atoms with E-state index < -0.39 is 5.82 Å². The molecule has 1 fully saturated rings. The molecule has 0 saturated carbocycles. The van der Waals surface area contributed by atoms with E-state index >= 15 is 0 Å². The second-order valence-electron chi connectivity index (χ2n) is 3.74. The molecule has 1 aromatic carbocycles. The number of aliphatic imine (C=N–C) groups is 1. The second kappa shape index (κ2) is 5.57. The lowest BCUT2D eigenvalue weighted by molar-refractivity contribution is 0.0681. The molecule has 0 spiro atoms. The van der Waals surface area contributed by atoms with Crippen molar-refractivity contribution in [3.63, 3.8) is 0 Å². The van der Waals surface area contributed by atoms with Crippen LogP contribution in [0.15, 0.2) is 23.2 Å². The average molecular weight is 237 g/mol. The quantitative estimate of drug-likeness (QED) is 0.596. The Labute approximate surface area is 98.1 Å². The van der Waals surface area contributed by atoms with Crippen LogP contribution in [0.5, 0.6) is 5.75 Å². The average Bonchev–Trinajstić information content (AvgIpc) is 2.83. The van der Waals surface area contributed by atoms with Crippen LogP contribution in [0.1, 0.15) is 12.8 Å². The molecule has 1 aliphatic rings. The normalized spacial score (nSPS) is 18.8. The van der Waals surface area contributed by atoms with Gasteiger partial charge in [-0.05, 0) is 25.0 Å². The van der Waals surface area contributed by atoms with Gasteiger partial charge in [0.15, 0.2) is 11.5 Å². The molecule has 0 N–H and O–H groups in total. The Bertz CT molecular complexity index is 437. The Kier molecular flexibility index (Phi) is 3.85. The number of benzene rings is 1. The minimum absolute atomic E-state index is 0.0336. The molecular formula is C12H12FNO3. The minimum Gasteiger partial charge on any atom is -0.488 e. The zero-order valence-corrected chi connectivity index (χ0v) is 9.19. The first kappa shape index (κ1) is 11.8. The summed E-state index contributed by atoms with van der Waals surface area (Å²) >= 11 is 0. The van der Waals surface area contributed by atoms with Crippen LogP contribution in [-0.2, 0) is 9.53 Å². The molecule has 1 unspecified atom stereocenters. The summed E-state index contributed by atoms with van der Waals surface area (Å²) in [5.41, 5.74) is -0.111. The maximum absolute atomic E-state index is 13.4. The smallest absolute Gasteiger partial charge is 0.240 e. The predicted molar refractivity (Wildman–Crippen MR) is 58.7 cm³/mol. The second-order valence-corrected chi connectivity index (χ2v) is 3.74. The zero-order valence-electron chi connectivity index (χ0n) is 9.19. The number of isocyanates is 1. The van der Waals surface area contributed by atoms with E-state index in [0.717, 1.165) is 19.4 Å². The van der Waals surface area contributed by atoms with Crippen LogP contribution in [0.2, 0.25) is 0 Å². The molecule has 1 aromatic rings. The molecule has 1 atom stereocenters. The van der Waals surface area contributed by atoms with Gasteiger partial charge in [0.2, 0.25) is 6.08 Å². The van der Waals surface area contributed by atoms with Gasteiger partial charge in [-0.3, -0.25) is 0 Å². The van der Waals surface area contributed by atoms with E-state index in [4.69, 9.17) is 9.47 Å². The lowest BCUT2D eigenvalue weighted by atomic mass is 10.2. The van der Waals surface area contributed by atoms with Gasteiger partial charge < -0.3 is 9.47 Å². The number of para-hydroxylation sites is 1. The molecule has 90 valence electrons. The Morgan fingerprint density at radius 1 is 1.59 bits per heavy atom. The summed E-state index contributed by atoms with van der Waals surface area (Å²) < 4.78 is 24.1. The predicted octanol–water partition coefficient (Wildman–Crippen LogP) is 2.35. The van der Waals surface area contributed by atoms with Crippen molar-refractivity contribution in [1.29, 1.82) is 0 Å². The van der Waals surface area contributed by atoms with Gasteiger partial charge in [0.05, 0.1) is 6.10 Å². The molecule has 5 heteroatoms. The molecule has 0 aliphatic carbocycles. The maximum Gasteiger partial charge on any atom is 0.240 e. The van der Waals surface area contributed by atoms with Gasteiger partial charge in [-0.2, -0.15) is 4.99 Å². The minimum atomic E-state index is -0.599. The third-order valence-corrected chi connectivity index (χ3v) is 2.56. The first-order valence-corrected chi connectivity index (χ1v) is 5.42. The van der Waals surface area contributed by atoms with Crippen molar-refractivity contribution in [3.05, 3.63) is 24.0 Å². The number of halogens is 1. The molecular weight excluding hydrogens is 225 g/mol. The summed E-state index contributed by atoms with van der Waals surface area (Å²) in [5, 5.41) is 0. The van der Waals surface area contributed by atoms with E-state index in [-0.39, 0.29) is 17.5 Å². The summed E-state index contributed by atoms with van der Waals surface area (Å²) in [6, 6.07) is 4.29. The largest absolute Gasteiger partial charge is 0.488 e. The first-order valence-electron chi connectivity index (χ1n) is 5.42. The fraction of sp³-hybridized carbons (Fsp3) is 0.417. The number of carbonyl (C=O) groups excluding carboxylic acids is 1. The monoisotopic (exact) mass is 237 g/mol. The third kappa shape index (κ3) is 2.90. The molecule has 1 saturated heterocycles. The van der Waals surface area contributed by atoms with E-state index in [2.05, 4.69) is 4.99 Å². The molecule has 4 nitrogen and oxygen atoms in total. The van der Waals surface area contributed by atoms with Crippen molar-refractivity contribution in [2.75, 3.05) is 13.2 Å². The fourth-order valence-electron chi connectivity index (χ4n) is 1.72. The number of rotatable bonds is 4. The highest BCUT2D eigenvalue weighted by atomic mass is 19.1. The maximum atomic E-state index is 13.4. The summed E-state index contributed by atoms with van der Waals surface area (Å²) in [5.74, 6) is -0.359. The lowest BCUT2D eigenvalue weighted by Gasteiger charge is -2.12. The number of hydrogen-bond donors (Lipinski definition) is 0. The van der Waals surface area contributed by atoms with Gasteiger partial charge in [0, 0.05) is 6.61 Å². The number of ether oxygens (including phenoxy) is 2. The van der Waals surface area contributed by atoms with Crippen molar-refractivity contribution in [2.24, 2.45) is 4.99 Å². The third-order valence-electron chi connectivity index (χ3n) is 2.56. The topological polar surface area (TPSA) is 47.9 Å². The SMILES string of the molecule is O=C=Nc1c(F)cccc1OCC1CCCO1. The van der Waals surface area contributed by atoms with Crippen LogP contribution >= 0.6 is 0 Å². The summed E-state index contributed by atoms with van der Waals surface area (Å²) in [7, 11) is 0. The van der Waals surface area contributed by atoms with Crippen LogP contribution in [0.3, 0.4) is 0 Å². The van der Waals surface area contributed by atoms with Gasteiger partial charge in [-0.1, -0.05) is 6.07 Å². The highest BCUT2D eigenvalue weighted by Gasteiger charge is 2.17. The summed E-state index contributed by atoms with van der Waals surface area (Å²) in [6.45, 7) is 1.07. The Morgan fingerprint density at radius 2 is 2.47 bits per heavy atom. The van der Waals surface area contributed by atoms with E-state index in [1.165, 1.54) is 18.2 Å². The standard InChI is InChI=1S/C12H12FNO3/c13-10-4-1-5-11(12(10)14-8-15)17-7-9-3-2-6-16-9/h1,4-5,9H,2-3,6-7H2. The molecule has 0 radical (unpaired) electrons. The van der Waals surface area contributed by atoms with Crippen molar-refractivity contribution in [1.82, 2.24) is 0 Å². The van der Waals surface area contributed by atoms with E-state index in [0.29, 0.717) is 6.61 Å². The molecule has 1 heterocycles. The van der Waals surface area contributed by atoms with E-state index in [1.54, 1.807) is 6.07 Å². The fourth-order valence-corrected chi connectivity index (χ4v) is 1.72. The summed E-state index contributed by atoms with van der Waals surface area (Å²) in [6.07, 6.45) is 3.29. The molecule has 0 amide bonds. The van der Waals surface area contributed by atoms with Crippen molar-refractivity contribution >= 4 is 11.8 Å². The Hall–Kier alpha value is -1.71. The lowest BCUT2D eigenvalue weighted by Crippen LogP contribution is -2.16. The van der Waals surface area contributed by atoms with Crippen LogP contribution in [0.4, 0.5) is 10.1 Å². The number of nitrogens with zero attached hydrogens (tertiary/aromatic N) is 1. The van der Waals surface area contributed by atoms with Gasteiger partial charge >= 0.3 is 0 Å². The number of hydrogen-bond acceptors (Lipinski definition) is 4. The highest BCUT2D eigenvalue weighted by molar-refractivity contribution is 5.58. The van der Waals surface area contributed by atoms with E-state index in [1.807, 2.05) is 0 Å². The van der Waals surface area contributed by atoms with Gasteiger partial charge in [-0.25, -0.2) is 9.18 Å². The van der Waals surface area contributed by atoms with Gasteiger partial charge in [-0.15, -0.1) is 0 Å². The van der Waals surface area contributed by atoms with Crippen molar-refractivity contribution < 1.29 is 18.7 Å². The van der Waals surface area contributed by atoms with Crippen molar-refractivity contribution in [3.8, 4) is 5.75 Å².